The lowest BCUT2D eigenvalue weighted by molar-refractivity contribution is 0.0734. The van der Waals surface area contributed by atoms with Crippen molar-refractivity contribution in [3.05, 3.63) is 0 Å². The van der Waals surface area contributed by atoms with Gasteiger partial charge in [0.05, 0.1) is 0 Å². The van der Waals surface area contributed by atoms with Crippen molar-refractivity contribution in [2.24, 2.45) is 0 Å². The van der Waals surface area contributed by atoms with Gasteiger partial charge in [-0.3, -0.25) is 4.90 Å². The van der Waals surface area contributed by atoms with Crippen molar-refractivity contribution in [2.45, 2.75) is 38.8 Å². The number of likely N-dealkylation sites (N-methyl/N-ethyl adjacent to an activating group) is 1. The molecule has 1 aliphatic heterocycles. The lowest BCUT2D eigenvalue weighted by Crippen LogP contribution is -2.67. The molecular weight excluding hydrogens is 186 g/mol. The van der Waals surface area contributed by atoms with Gasteiger partial charge in [0, 0.05) is 37.3 Å². The second-order valence-electron chi connectivity index (χ2n) is 6.41. The van der Waals surface area contributed by atoms with Gasteiger partial charge in [-0.05, 0) is 41.8 Å². The minimum absolute atomic E-state index is 0.230. The van der Waals surface area contributed by atoms with Gasteiger partial charge >= 0.3 is 0 Å². The van der Waals surface area contributed by atoms with Gasteiger partial charge in [-0.15, -0.1) is 0 Å². The summed E-state index contributed by atoms with van der Waals surface area (Å²) >= 11 is 0. The standard InChI is InChI=1S/C12H27N3/c1-11(2)9-15(8-7-14(5)6)10-12(3,4)13-11/h13H,7-10H2,1-6H3. The molecular formula is C12H27N3. The maximum Gasteiger partial charge on any atom is 0.0257 e. The maximum absolute atomic E-state index is 3.69. The number of piperazine rings is 1. The Bertz CT molecular complexity index is 193. The monoisotopic (exact) mass is 213 g/mol. The fourth-order valence-corrected chi connectivity index (χ4v) is 2.67. The minimum atomic E-state index is 0.230. The summed E-state index contributed by atoms with van der Waals surface area (Å²) < 4.78 is 0. The molecule has 15 heavy (non-hydrogen) atoms. The van der Waals surface area contributed by atoms with Crippen molar-refractivity contribution in [1.82, 2.24) is 15.1 Å². The van der Waals surface area contributed by atoms with E-state index in [0.717, 1.165) is 19.6 Å². The molecule has 0 unspecified atom stereocenters. The molecule has 1 N–H and O–H groups in total. The highest BCUT2D eigenvalue weighted by molar-refractivity contribution is 4.97. The van der Waals surface area contributed by atoms with Crippen molar-refractivity contribution in [3.8, 4) is 0 Å². The molecule has 1 fully saturated rings. The van der Waals surface area contributed by atoms with Crippen molar-refractivity contribution in [2.75, 3.05) is 40.3 Å². The molecule has 0 bridgehead atoms. The molecule has 3 nitrogen and oxygen atoms in total. The molecule has 0 spiro atoms. The van der Waals surface area contributed by atoms with Crippen LogP contribution in [-0.2, 0) is 0 Å². The molecule has 0 aromatic carbocycles. The van der Waals surface area contributed by atoms with Crippen LogP contribution in [0.1, 0.15) is 27.7 Å². The van der Waals surface area contributed by atoms with Gasteiger partial charge in [-0.1, -0.05) is 0 Å². The molecule has 1 heterocycles. The molecule has 0 aliphatic carbocycles. The smallest absolute Gasteiger partial charge is 0.0257 e. The zero-order valence-corrected chi connectivity index (χ0v) is 11.2. The summed E-state index contributed by atoms with van der Waals surface area (Å²) in [5.41, 5.74) is 0.460. The normalized spacial score (nSPS) is 25.8. The summed E-state index contributed by atoms with van der Waals surface area (Å²) in [6.45, 7) is 13.8. The Kier molecular flexibility index (Phi) is 3.80. The summed E-state index contributed by atoms with van der Waals surface area (Å²) in [6.07, 6.45) is 0. The van der Waals surface area contributed by atoms with Gasteiger partial charge in [0.15, 0.2) is 0 Å². The SMILES string of the molecule is CN(C)CCN1CC(C)(C)NC(C)(C)C1. The van der Waals surface area contributed by atoms with Gasteiger partial charge < -0.3 is 10.2 Å². The van der Waals surface area contributed by atoms with Crippen LogP contribution in [0.3, 0.4) is 0 Å². The molecule has 1 aliphatic rings. The number of nitrogens with one attached hydrogen (secondary N) is 1. The van der Waals surface area contributed by atoms with Crippen LogP contribution in [-0.4, -0.2) is 61.2 Å². The number of rotatable bonds is 3. The Balaban J connectivity index is 2.52. The summed E-state index contributed by atoms with van der Waals surface area (Å²) in [5, 5.41) is 3.69. The predicted molar refractivity (Wildman–Crippen MR) is 66.3 cm³/mol. The van der Waals surface area contributed by atoms with Crippen LogP contribution in [0.5, 0.6) is 0 Å². The Morgan fingerprint density at radius 1 is 1.07 bits per heavy atom. The van der Waals surface area contributed by atoms with E-state index in [0.29, 0.717) is 0 Å². The summed E-state index contributed by atoms with van der Waals surface area (Å²) in [4.78, 5) is 4.82. The van der Waals surface area contributed by atoms with Gasteiger partial charge in [-0.2, -0.15) is 0 Å². The van der Waals surface area contributed by atoms with E-state index in [1.807, 2.05) is 0 Å². The highest BCUT2D eigenvalue weighted by Gasteiger charge is 2.35. The van der Waals surface area contributed by atoms with Gasteiger partial charge in [0.1, 0.15) is 0 Å². The lowest BCUT2D eigenvalue weighted by Gasteiger charge is -2.48. The van der Waals surface area contributed by atoms with Crippen LogP contribution in [0.25, 0.3) is 0 Å². The van der Waals surface area contributed by atoms with Crippen LogP contribution >= 0.6 is 0 Å². The van der Waals surface area contributed by atoms with Gasteiger partial charge in [0.2, 0.25) is 0 Å². The number of nitrogens with zero attached hydrogens (tertiary/aromatic N) is 2. The average Bonchev–Trinajstić information content (AvgIpc) is 1.94. The third-order valence-electron chi connectivity index (χ3n) is 2.78. The topological polar surface area (TPSA) is 18.5 Å². The lowest BCUT2D eigenvalue weighted by atomic mass is 9.91. The van der Waals surface area contributed by atoms with E-state index in [1.165, 1.54) is 6.54 Å². The van der Waals surface area contributed by atoms with Crippen LogP contribution in [0.2, 0.25) is 0 Å². The summed E-state index contributed by atoms with van der Waals surface area (Å²) in [6, 6.07) is 0. The zero-order valence-electron chi connectivity index (χ0n) is 11.2. The van der Waals surface area contributed by atoms with Crippen LogP contribution in [0.4, 0.5) is 0 Å². The third-order valence-corrected chi connectivity index (χ3v) is 2.78. The van der Waals surface area contributed by atoms with Crippen molar-refractivity contribution in [3.63, 3.8) is 0 Å². The molecule has 90 valence electrons. The highest BCUT2D eigenvalue weighted by atomic mass is 15.3. The Hall–Kier alpha value is -0.120. The predicted octanol–water partition coefficient (Wildman–Crippen LogP) is 1.01. The van der Waals surface area contributed by atoms with Crippen molar-refractivity contribution < 1.29 is 0 Å². The fraction of sp³-hybridized carbons (Fsp3) is 1.00. The quantitative estimate of drug-likeness (QED) is 0.755. The van der Waals surface area contributed by atoms with E-state index >= 15 is 0 Å². The second-order valence-corrected chi connectivity index (χ2v) is 6.41. The summed E-state index contributed by atoms with van der Waals surface area (Å²) in [5.74, 6) is 0. The van der Waals surface area contributed by atoms with E-state index in [9.17, 15) is 0 Å². The summed E-state index contributed by atoms with van der Waals surface area (Å²) in [7, 11) is 4.27. The molecule has 0 atom stereocenters. The number of hydrogen-bond acceptors (Lipinski definition) is 3. The van der Waals surface area contributed by atoms with Crippen molar-refractivity contribution >= 4 is 0 Å². The average molecular weight is 213 g/mol. The largest absolute Gasteiger partial charge is 0.308 e. The molecule has 0 aromatic heterocycles. The zero-order chi connectivity index (χ0) is 11.7. The fourth-order valence-electron chi connectivity index (χ4n) is 2.67. The molecule has 1 saturated heterocycles. The third kappa shape index (κ3) is 4.49. The first-order valence-corrected chi connectivity index (χ1v) is 5.87. The molecule has 0 aromatic rings. The molecule has 1 rings (SSSR count). The first-order chi connectivity index (χ1) is 6.70. The van der Waals surface area contributed by atoms with Crippen LogP contribution in [0.15, 0.2) is 0 Å². The van der Waals surface area contributed by atoms with E-state index in [1.54, 1.807) is 0 Å². The highest BCUT2D eigenvalue weighted by Crippen LogP contribution is 2.20. The number of hydrogen-bond donors (Lipinski definition) is 1. The first-order valence-electron chi connectivity index (χ1n) is 5.87. The Morgan fingerprint density at radius 2 is 1.53 bits per heavy atom. The second kappa shape index (κ2) is 4.40. The van der Waals surface area contributed by atoms with E-state index in [-0.39, 0.29) is 11.1 Å². The van der Waals surface area contributed by atoms with Crippen LogP contribution in [0, 0.1) is 0 Å². The van der Waals surface area contributed by atoms with E-state index in [4.69, 9.17) is 0 Å². The van der Waals surface area contributed by atoms with Gasteiger partial charge in [0.25, 0.3) is 0 Å². The maximum atomic E-state index is 3.69. The van der Waals surface area contributed by atoms with E-state index in [2.05, 4.69) is 56.9 Å². The molecule has 0 amide bonds. The minimum Gasteiger partial charge on any atom is -0.308 e. The first kappa shape index (κ1) is 12.9. The molecule has 3 heteroatoms. The Labute approximate surface area is 94.8 Å². The van der Waals surface area contributed by atoms with Gasteiger partial charge in [-0.25, -0.2) is 0 Å². The van der Waals surface area contributed by atoms with Crippen LogP contribution < -0.4 is 5.32 Å². The molecule has 0 radical (unpaired) electrons. The Morgan fingerprint density at radius 3 is 1.93 bits per heavy atom. The van der Waals surface area contributed by atoms with E-state index < -0.39 is 0 Å². The molecule has 0 saturated carbocycles. The van der Waals surface area contributed by atoms with Crippen molar-refractivity contribution in [1.29, 1.82) is 0 Å².